The monoisotopic (exact) mass is 329 g/mol. The molecule has 0 saturated carbocycles. The van der Waals surface area contributed by atoms with Crippen molar-refractivity contribution in [3.63, 3.8) is 0 Å². The summed E-state index contributed by atoms with van der Waals surface area (Å²) >= 11 is 0. The number of carbonyl (C=O) groups is 2. The first kappa shape index (κ1) is 18.0. The van der Waals surface area contributed by atoms with Crippen molar-refractivity contribution < 1.29 is 9.59 Å². The Hall–Kier alpha value is -2.30. The lowest BCUT2D eigenvalue weighted by Gasteiger charge is -2.17. The molecule has 2 aromatic rings. The number of hydrogen-bond acceptors (Lipinski definition) is 2. The van der Waals surface area contributed by atoms with E-state index in [2.05, 4.69) is 39.6 Å². The van der Waals surface area contributed by atoms with Crippen molar-refractivity contribution in [1.29, 1.82) is 0 Å². The Morgan fingerprint density at radius 2 is 1.79 bits per heavy atom. The van der Waals surface area contributed by atoms with E-state index in [1.807, 2.05) is 32.9 Å². The predicted molar refractivity (Wildman–Crippen MR) is 96.6 cm³/mol. The van der Waals surface area contributed by atoms with Crippen LogP contribution in [0.15, 0.2) is 36.5 Å². The van der Waals surface area contributed by atoms with Crippen LogP contribution in [0.1, 0.15) is 33.6 Å². The smallest absolute Gasteiger partial charge is 0.239 e. The number of nitrogens with zero attached hydrogens (tertiary/aromatic N) is 1. The minimum atomic E-state index is -0.144. The molecule has 5 heteroatoms. The number of hydrogen-bond donors (Lipinski definition) is 2. The number of benzene rings is 1. The highest BCUT2D eigenvalue weighted by Crippen LogP contribution is 2.17. The summed E-state index contributed by atoms with van der Waals surface area (Å²) < 4.78 is 2.19. The van der Waals surface area contributed by atoms with Crippen LogP contribution in [-0.2, 0) is 16.1 Å². The zero-order chi connectivity index (χ0) is 17.6. The predicted octanol–water partition coefficient (Wildman–Crippen LogP) is 2.70. The molecule has 0 aliphatic rings. The van der Waals surface area contributed by atoms with Gasteiger partial charge < -0.3 is 15.2 Å². The molecule has 24 heavy (non-hydrogen) atoms. The van der Waals surface area contributed by atoms with Crippen molar-refractivity contribution >= 4 is 22.7 Å². The normalized spacial score (nSPS) is 11.5. The average molecular weight is 329 g/mol. The SMILES string of the molecule is CC(C)(C)CC(=O)NCC(=O)NCCCn1ccc2ccccc21. The van der Waals surface area contributed by atoms with Crippen LogP contribution in [0.3, 0.4) is 0 Å². The molecule has 0 spiro atoms. The summed E-state index contributed by atoms with van der Waals surface area (Å²) in [4.78, 5) is 23.4. The number of para-hydroxylation sites is 1. The molecule has 1 heterocycles. The summed E-state index contributed by atoms with van der Waals surface area (Å²) in [6.45, 7) is 7.48. The first-order valence-corrected chi connectivity index (χ1v) is 8.42. The van der Waals surface area contributed by atoms with Crippen LogP contribution in [0, 0.1) is 5.41 Å². The third-order valence-electron chi connectivity index (χ3n) is 3.72. The average Bonchev–Trinajstić information content (AvgIpc) is 2.91. The van der Waals surface area contributed by atoms with E-state index in [0.29, 0.717) is 13.0 Å². The summed E-state index contributed by atoms with van der Waals surface area (Å²) in [5.41, 5.74) is 1.14. The van der Waals surface area contributed by atoms with Crippen LogP contribution in [0.25, 0.3) is 10.9 Å². The molecule has 0 bridgehead atoms. The summed E-state index contributed by atoms with van der Waals surface area (Å²) in [6, 6.07) is 10.3. The second kappa shape index (κ2) is 7.99. The van der Waals surface area contributed by atoms with E-state index in [1.165, 1.54) is 10.9 Å². The molecule has 0 atom stereocenters. The van der Waals surface area contributed by atoms with Gasteiger partial charge in [-0.3, -0.25) is 9.59 Å². The Balaban J connectivity index is 1.65. The quantitative estimate of drug-likeness (QED) is 0.767. The van der Waals surface area contributed by atoms with E-state index in [1.54, 1.807) is 0 Å². The molecular weight excluding hydrogens is 302 g/mol. The van der Waals surface area contributed by atoms with Gasteiger partial charge in [-0.15, -0.1) is 0 Å². The molecule has 0 aliphatic heterocycles. The van der Waals surface area contributed by atoms with Gasteiger partial charge in [0.05, 0.1) is 6.54 Å². The Morgan fingerprint density at radius 1 is 1.04 bits per heavy atom. The molecule has 1 aromatic carbocycles. The second-order valence-corrected chi connectivity index (χ2v) is 7.29. The molecule has 130 valence electrons. The topological polar surface area (TPSA) is 63.1 Å². The molecule has 0 aliphatic carbocycles. The fraction of sp³-hybridized carbons (Fsp3) is 0.474. The maximum Gasteiger partial charge on any atom is 0.239 e. The Labute approximate surface area is 143 Å². The summed E-state index contributed by atoms with van der Waals surface area (Å²) in [6.07, 6.45) is 3.33. The number of amides is 2. The highest BCUT2D eigenvalue weighted by atomic mass is 16.2. The van der Waals surface area contributed by atoms with Gasteiger partial charge in [-0.05, 0) is 29.4 Å². The van der Waals surface area contributed by atoms with Gasteiger partial charge in [0.2, 0.25) is 11.8 Å². The number of fused-ring (bicyclic) bond motifs is 1. The van der Waals surface area contributed by atoms with Gasteiger partial charge in [0.25, 0.3) is 0 Å². The van der Waals surface area contributed by atoms with Crippen LogP contribution in [0.4, 0.5) is 0 Å². The molecule has 0 unspecified atom stereocenters. The first-order chi connectivity index (χ1) is 11.3. The van der Waals surface area contributed by atoms with E-state index in [0.717, 1.165) is 13.0 Å². The fourth-order valence-electron chi connectivity index (χ4n) is 2.60. The molecule has 2 N–H and O–H groups in total. The molecule has 2 amide bonds. The molecule has 2 rings (SSSR count). The number of rotatable bonds is 7. The third-order valence-corrected chi connectivity index (χ3v) is 3.72. The maximum atomic E-state index is 11.8. The standard InChI is InChI=1S/C19H27N3O2/c1-19(2,3)13-17(23)21-14-18(24)20-10-6-11-22-12-9-15-7-4-5-8-16(15)22/h4-5,7-9,12H,6,10-11,13-14H2,1-3H3,(H,20,24)(H,21,23). The van der Waals surface area contributed by atoms with E-state index < -0.39 is 0 Å². The Bertz CT molecular complexity index is 698. The molecule has 0 fully saturated rings. The molecule has 1 aromatic heterocycles. The minimum Gasteiger partial charge on any atom is -0.355 e. The van der Waals surface area contributed by atoms with E-state index in [-0.39, 0.29) is 23.8 Å². The second-order valence-electron chi connectivity index (χ2n) is 7.29. The fourth-order valence-corrected chi connectivity index (χ4v) is 2.60. The lowest BCUT2D eigenvalue weighted by atomic mass is 9.92. The number of nitrogens with one attached hydrogen (secondary N) is 2. The highest BCUT2D eigenvalue weighted by Gasteiger charge is 2.16. The van der Waals surface area contributed by atoms with Crippen molar-refractivity contribution in [3.8, 4) is 0 Å². The van der Waals surface area contributed by atoms with Crippen LogP contribution in [0.5, 0.6) is 0 Å². The third kappa shape index (κ3) is 5.72. The lowest BCUT2D eigenvalue weighted by molar-refractivity contribution is -0.127. The van der Waals surface area contributed by atoms with Crippen LogP contribution in [0.2, 0.25) is 0 Å². The van der Waals surface area contributed by atoms with Crippen molar-refractivity contribution in [1.82, 2.24) is 15.2 Å². The van der Waals surface area contributed by atoms with Crippen LogP contribution in [-0.4, -0.2) is 29.5 Å². The van der Waals surface area contributed by atoms with E-state index >= 15 is 0 Å². The summed E-state index contributed by atoms with van der Waals surface area (Å²) in [7, 11) is 0. The highest BCUT2D eigenvalue weighted by molar-refractivity contribution is 5.84. The molecular formula is C19H27N3O2. The number of carbonyl (C=O) groups excluding carboxylic acids is 2. The number of aromatic nitrogens is 1. The maximum absolute atomic E-state index is 11.8. The Kier molecular flexibility index (Phi) is 6.01. The van der Waals surface area contributed by atoms with E-state index in [4.69, 9.17) is 0 Å². The van der Waals surface area contributed by atoms with E-state index in [9.17, 15) is 9.59 Å². The van der Waals surface area contributed by atoms with Gasteiger partial charge in [-0.25, -0.2) is 0 Å². The van der Waals surface area contributed by atoms with Gasteiger partial charge >= 0.3 is 0 Å². The zero-order valence-electron chi connectivity index (χ0n) is 14.8. The van der Waals surface area contributed by atoms with Gasteiger partial charge in [0.1, 0.15) is 0 Å². The lowest BCUT2D eigenvalue weighted by Crippen LogP contribution is -2.38. The van der Waals surface area contributed by atoms with Crippen LogP contribution >= 0.6 is 0 Å². The number of aryl methyl sites for hydroxylation is 1. The molecule has 5 nitrogen and oxygen atoms in total. The van der Waals surface area contributed by atoms with Crippen LogP contribution < -0.4 is 10.6 Å². The summed E-state index contributed by atoms with van der Waals surface area (Å²) in [5.74, 6) is -0.230. The first-order valence-electron chi connectivity index (χ1n) is 8.42. The minimum absolute atomic E-state index is 0.0430. The van der Waals surface area contributed by atoms with Crippen molar-refractivity contribution in [2.75, 3.05) is 13.1 Å². The largest absolute Gasteiger partial charge is 0.355 e. The van der Waals surface area contributed by atoms with Crippen molar-refractivity contribution in [2.45, 2.75) is 40.2 Å². The molecule has 0 saturated heterocycles. The van der Waals surface area contributed by atoms with Gasteiger partial charge in [-0.2, -0.15) is 0 Å². The van der Waals surface area contributed by atoms with Gasteiger partial charge in [0.15, 0.2) is 0 Å². The summed E-state index contributed by atoms with van der Waals surface area (Å²) in [5, 5.41) is 6.73. The van der Waals surface area contributed by atoms with Gasteiger partial charge in [-0.1, -0.05) is 39.0 Å². The zero-order valence-corrected chi connectivity index (χ0v) is 14.8. The Morgan fingerprint density at radius 3 is 2.54 bits per heavy atom. The van der Waals surface area contributed by atoms with Crippen molar-refractivity contribution in [3.05, 3.63) is 36.5 Å². The van der Waals surface area contributed by atoms with Gasteiger partial charge in [0, 0.05) is 31.2 Å². The molecule has 0 radical (unpaired) electrons. The van der Waals surface area contributed by atoms with Crippen molar-refractivity contribution in [2.24, 2.45) is 5.41 Å².